The van der Waals surface area contributed by atoms with Crippen LogP contribution >= 0.6 is 34.5 Å². The predicted molar refractivity (Wildman–Crippen MR) is 43.7 cm³/mol. The van der Waals surface area contributed by atoms with Crippen LogP contribution in [0.4, 0.5) is 0 Å². The van der Waals surface area contributed by atoms with Gasteiger partial charge in [-0.25, -0.2) is 0 Å². The van der Waals surface area contributed by atoms with Gasteiger partial charge in [0.25, 0.3) is 0 Å². The Morgan fingerprint density at radius 2 is 2.30 bits per heavy atom. The molecular weight excluding hydrogens is 193 g/mol. The van der Waals surface area contributed by atoms with Crippen LogP contribution in [0.3, 0.4) is 0 Å². The highest BCUT2D eigenvalue weighted by Gasteiger charge is 2.02. The van der Waals surface area contributed by atoms with E-state index in [1.165, 1.54) is 17.6 Å². The molecule has 0 unspecified atom stereocenters. The van der Waals surface area contributed by atoms with Crippen LogP contribution < -0.4 is 0 Å². The van der Waals surface area contributed by atoms with Crippen molar-refractivity contribution in [1.29, 1.82) is 0 Å². The molecule has 0 saturated heterocycles. The van der Waals surface area contributed by atoms with Gasteiger partial charge in [0.15, 0.2) is 0 Å². The Balaban J connectivity index is 3.03. The van der Waals surface area contributed by atoms with Crippen LogP contribution in [0.1, 0.15) is 4.88 Å². The number of oxime groups is 1. The number of nitrogens with zero attached hydrogens (tertiary/aromatic N) is 1. The molecule has 0 saturated carbocycles. The van der Waals surface area contributed by atoms with E-state index >= 15 is 0 Å². The molecule has 0 aliphatic heterocycles. The molecule has 0 atom stereocenters. The van der Waals surface area contributed by atoms with Crippen molar-refractivity contribution in [3.63, 3.8) is 0 Å². The Morgan fingerprint density at radius 3 is 2.70 bits per heavy atom. The average molecular weight is 196 g/mol. The Hall–Kier alpha value is -0.250. The van der Waals surface area contributed by atoms with Crippen LogP contribution in [0.15, 0.2) is 11.2 Å². The van der Waals surface area contributed by atoms with Gasteiger partial charge in [-0.05, 0) is 6.07 Å². The van der Waals surface area contributed by atoms with Crippen molar-refractivity contribution in [2.45, 2.75) is 0 Å². The summed E-state index contributed by atoms with van der Waals surface area (Å²) in [7, 11) is 0. The molecule has 0 amide bonds. The van der Waals surface area contributed by atoms with E-state index in [0.29, 0.717) is 14.2 Å². The topological polar surface area (TPSA) is 32.6 Å². The molecular formula is C5H3Cl2NOS. The summed E-state index contributed by atoms with van der Waals surface area (Å²) in [6.45, 7) is 0. The van der Waals surface area contributed by atoms with Crippen molar-refractivity contribution in [3.8, 4) is 0 Å². The number of thiophene rings is 1. The van der Waals surface area contributed by atoms with Crippen molar-refractivity contribution in [3.05, 3.63) is 20.3 Å². The largest absolute Gasteiger partial charge is 0.411 e. The molecule has 54 valence electrons. The Bertz CT molecular complexity index is 258. The molecule has 1 aromatic heterocycles. The summed E-state index contributed by atoms with van der Waals surface area (Å²) in [5.41, 5.74) is 0. The van der Waals surface area contributed by atoms with E-state index in [2.05, 4.69) is 5.16 Å². The van der Waals surface area contributed by atoms with Crippen molar-refractivity contribution in [2.75, 3.05) is 0 Å². The third-order valence-corrected chi connectivity index (χ3v) is 2.48. The third kappa shape index (κ3) is 1.62. The molecule has 0 bridgehead atoms. The summed E-state index contributed by atoms with van der Waals surface area (Å²) in [4.78, 5) is 0.661. The maximum Gasteiger partial charge on any atom is 0.0950 e. The molecule has 5 heteroatoms. The van der Waals surface area contributed by atoms with Gasteiger partial charge in [-0.3, -0.25) is 0 Å². The minimum absolute atomic E-state index is 0.507. The second-order valence-electron chi connectivity index (χ2n) is 1.51. The highest BCUT2D eigenvalue weighted by molar-refractivity contribution is 7.18. The molecule has 1 N–H and O–H groups in total. The lowest BCUT2D eigenvalue weighted by Gasteiger charge is -1.80. The molecule has 10 heavy (non-hydrogen) atoms. The summed E-state index contributed by atoms with van der Waals surface area (Å²) in [6.07, 6.45) is 1.25. The third-order valence-electron chi connectivity index (χ3n) is 0.858. The predicted octanol–water partition coefficient (Wildman–Crippen LogP) is 2.86. The van der Waals surface area contributed by atoms with Crippen LogP contribution in [0.25, 0.3) is 0 Å². The summed E-state index contributed by atoms with van der Waals surface area (Å²) < 4.78 is 0.583. The summed E-state index contributed by atoms with van der Waals surface area (Å²) in [5, 5.41) is 11.5. The number of hydrogen-bond donors (Lipinski definition) is 1. The van der Waals surface area contributed by atoms with E-state index in [1.54, 1.807) is 6.07 Å². The van der Waals surface area contributed by atoms with E-state index in [9.17, 15) is 0 Å². The minimum atomic E-state index is 0.507. The fourth-order valence-corrected chi connectivity index (χ4v) is 1.89. The van der Waals surface area contributed by atoms with Crippen LogP contribution in [-0.4, -0.2) is 11.4 Å². The van der Waals surface area contributed by atoms with E-state index in [0.717, 1.165) is 0 Å². The summed E-state index contributed by atoms with van der Waals surface area (Å²) in [5.74, 6) is 0. The van der Waals surface area contributed by atoms with Gasteiger partial charge in [-0.15, -0.1) is 11.3 Å². The van der Waals surface area contributed by atoms with E-state index < -0.39 is 0 Å². The molecule has 2 nitrogen and oxygen atoms in total. The van der Waals surface area contributed by atoms with Gasteiger partial charge in [0.2, 0.25) is 0 Å². The standard InChI is InChI=1S/C5H3Cl2NOS/c6-3-1-5(7)10-4(3)2-8-9/h1-2,9H. The smallest absolute Gasteiger partial charge is 0.0950 e. The van der Waals surface area contributed by atoms with Crippen LogP contribution in [0.2, 0.25) is 9.36 Å². The van der Waals surface area contributed by atoms with Gasteiger partial charge in [0, 0.05) is 0 Å². The Labute approximate surface area is 71.7 Å². The number of rotatable bonds is 1. The second-order valence-corrected chi connectivity index (χ2v) is 3.63. The molecule has 0 radical (unpaired) electrons. The lowest BCUT2D eigenvalue weighted by Crippen LogP contribution is -1.71. The van der Waals surface area contributed by atoms with Gasteiger partial charge >= 0.3 is 0 Å². The van der Waals surface area contributed by atoms with E-state index in [-0.39, 0.29) is 0 Å². The van der Waals surface area contributed by atoms with Gasteiger partial charge in [-0.1, -0.05) is 28.4 Å². The van der Waals surface area contributed by atoms with Crippen molar-refractivity contribution in [2.24, 2.45) is 5.16 Å². The van der Waals surface area contributed by atoms with Gasteiger partial charge in [0.1, 0.15) is 0 Å². The van der Waals surface area contributed by atoms with E-state index in [1.807, 2.05) is 0 Å². The van der Waals surface area contributed by atoms with Gasteiger partial charge < -0.3 is 5.21 Å². The lowest BCUT2D eigenvalue weighted by molar-refractivity contribution is 0.322. The molecule has 0 aliphatic carbocycles. The van der Waals surface area contributed by atoms with Crippen molar-refractivity contribution < 1.29 is 5.21 Å². The number of hydrogen-bond acceptors (Lipinski definition) is 3. The normalized spacial score (nSPS) is 11.0. The molecule has 1 rings (SSSR count). The quantitative estimate of drug-likeness (QED) is 0.418. The zero-order valence-corrected chi connectivity index (χ0v) is 7.04. The molecule has 0 aromatic carbocycles. The van der Waals surface area contributed by atoms with Crippen LogP contribution in [0.5, 0.6) is 0 Å². The maximum absolute atomic E-state index is 8.13. The average Bonchev–Trinajstić information content (AvgIpc) is 2.13. The molecule has 1 aromatic rings. The SMILES string of the molecule is ON=Cc1sc(Cl)cc1Cl. The van der Waals surface area contributed by atoms with E-state index in [4.69, 9.17) is 28.4 Å². The highest BCUT2D eigenvalue weighted by atomic mass is 35.5. The number of halogens is 2. The van der Waals surface area contributed by atoms with Crippen molar-refractivity contribution >= 4 is 40.8 Å². The van der Waals surface area contributed by atoms with Crippen LogP contribution in [-0.2, 0) is 0 Å². The van der Waals surface area contributed by atoms with Crippen molar-refractivity contribution in [1.82, 2.24) is 0 Å². The Morgan fingerprint density at radius 1 is 1.60 bits per heavy atom. The second kappa shape index (κ2) is 3.23. The molecule has 0 fully saturated rings. The van der Waals surface area contributed by atoms with Gasteiger partial charge in [-0.2, -0.15) is 0 Å². The minimum Gasteiger partial charge on any atom is -0.411 e. The molecule has 0 spiro atoms. The lowest BCUT2D eigenvalue weighted by atomic mass is 10.5. The first-order valence-electron chi connectivity index (χ1n) is 2.36. The first kappa shape index (κ1) is 7.85. The first-order valence-corrected chi connectivity index (χ1v) is 3.93. The zero-order valence-electron chi connectivity index (χ0n) is 4.71. The maximum atomic E-state index is 8.13. The molecule has 1 heterocycles. The zero-order chi connectivity index (χ0) is 7.56. The monoisotopic (exact) mass is 195 g/mol. The summed E-state index contributed by atoms with van der Waals surface area (Å²) >= 11 is 12.5. The first-order chi connectivity index (χ1) is 4.74. The highest BCUT2D eigenvalue weighted by Crippen LogP contribution is 2.28. The Kier molecular flexibility index (Phi) is 2.54. The fraction of sp³-hybridized carbons (Fsp3) is 0. The summed E-state index contributed by atoms with van der Waals surface area (Å²) in [6, 6.07) is 1.60. The van der Waals surface area contributed by atoms with Crippen LogP contribution in [0, 0.1) is 0 Å². The van der Waals surface area contributed by atoms with Gasteiger partial charge in [0.05, 0.1) is 20.5 Å². The molecule has 0 aliphatic rings. The fourth-order valence-electron chi connectivity index (χ4n) is 0.494.